The van der Waals surface area contributed by atoms with E-state index in [1.165, 1.54) is 0 Å². The number of ether oxygens (including phenoxy) is 1. The number of amides is 2. The van der Waals surface area contributed by atoms with Gasteiger partial charge in [0, 0.05) is 24.2 Å². The molecule has 2 amide bonds. The molecule has 4 rings (SSSR count). The number of rotatable bonds is 4. The lowest BCUT2D eigenvalue weighted by molar-refractivity contribution is -0.118. The molecule has 0 aliphatic carbocycles. The SMILES string of the molecule is CCOc1ccc(NC(=O)c2cc3c4c(c2)CCN4C(=O)CC3)cc1. The Morgan fingerprint density at radius 3 is 2.56 bits per heavy atom. The summed E-state index contributed by atoms with van der Waals surface area (Å²) in [5.41, 5.74) is 4.63. The Morgan fingerprint density at radius 1 is 1.12 bits per heavy atom. The molecule has 0 unspecified atom stereocenters. The molecule has 2 aliphatic heterocycles. The fraction of sp³-hybridized carbons (Fsp3) is 0.300. The highest BCUT2D eigenvalue weighted by molar-refractivity contribution is 6.06. The highest BCUT2D eigenvalue weighted by Crippen LogP contribution is 2.37. The second-order valence-corrected chi connectivity index (χ2v) is 6.35. The van der Waals surface area contributed by atoms with Crippen molar-refractivity contribution in [3.05, 3.63) is 53.1 Å². The predicted octanol–water partition coefficient (Wildman–Crippen LogP) is 3.17. The molecule has 5 heteroatoms. The van der Waals surface area contributed by atoms with Gasteiger partial charge in [-0.25, -0.2) is 0 Å². The van der Waals surface area contributed by atoms with E-state index in [-0.39, 0.29) is 11.8 Å². The summed E-state index contributed by atoms with van der Waals surface area (Å²) in [7, 11) is 0. The predicted molar refractivity (Wildman–Crippen MR) is 96.4 cm³/mol. The molecule has 25 heavy (non-hydrogen) atoms. The van der Waals surface area contributed by atoms with Gasteiger partial charge in [0.2, 0.25) is 5.91 Å². The van der Waals surface area contributed by atoms with Crippen molar-refractivity contribution in [1.82, 2.24) is 0 Å². The van der Waals surface area contributed by atoms with E-state index in [1.807, 2.05) is 48.2 Å². The number of hydrogen-bond donors (Lipinski definition) is 1. The summed E-state index contributed by atoms with van der Waals surface area (Å²) in [4.78, 5) is 26.5. The summed E-state index contributed by atoms with van der Waals surface area (Å²) in [6.45, 7) is 3.28. The van der Waals surface area contributed by atoms with E-state index in [9.17, 15) is 9.59 Å². The fourth-order valence-corrected chi connectivity index (χ4v) is 3.59. The van der Waals surface area contributed by atoms with E-state index in [2.05, 4.69) is 5.32 Å². The molecule has 0 bridgehead atoms. The van der Waals surface area contributed by atoms with Crippen LogP contribution in [0.2, 0.25) is 0 Å². The second kappa shape index (κ2) is 6.24. The molecule has 0 atom stereocenters. The molecule has 2 aromatic rings. The third-order valence-corrected chi connectivity index (χ3v) is 4.74. The molecule has 128 valence electrons. The molecule has 0 saturated heterocycles. The van der Waals surface area contributed by atoms with Crippen LogP contribution in [0.1, 0.15) is 34.8 Å². The largest absolute Gasteiger partial charge is 0.494 e. The van der Waals surface area contributed by atoms with E-state index >= 15 is 0 Å². The molecule has 1 N–H and O–H groups in total. The molecule has 5 nitrogen and oxygen atoms in total. The van der Waals surface area contributed by atoms with Crippen LogP contribution in [-0.2, 0) is 17.6 Å². The van der Waals surface area contributed by atoms with Gasteiger partial charge in [0.25, 0.3) is 5.91 Å². The first-order valence-corrected chi connectivity index (χ1v) is 8.66. The smallest absolute Gasteiger partial charge is 0.255 e. The Labute approximate surface area is 146 Å². The average Bonchev–Trinajstić information content (AvgIpc) is 3.05. The van der Waals surface area contributed by atoms with Crippen molar-refractivity contribution in [2.24, 2.45) is 0 Å². The van der Waals surface area contributed by atoms with Crippen LogP contribution in [0.25, 0.3) is 0 Å². The van der Waals surface area contributed by atoms with E-state index in [1.54, 1.807) is 0 Å². The zero-order valence-electron chi connectivity index (χ0n) is 14.2. The van der Waals surface area contributed by atoms with Crippen molar-refractivity contribution in [2.45, 2.75) is 26.2 Å². The van der Waals surface area contributed by atoms with Crippen LogP contribution in [-0.4, -0.2) is 25.0 Å². The van der Waals surface area contributed by atoms with Crippen LogP contribution in [0.3, 0.4) is 0 Å². The highest BCUT2D eigenvalue weighted by Gasteiger charge is 2.31. The molecular formula is C20H20N2O3. The Balaban J connectivity index is 1.56. The maximum absolute atomic E-state index is 12.6. The zero-order valence-corrected chi connectivity index (χ0v) is 14.2. The van der Waals surface area contributed by atoms with E-state index < -0.39 is 0 Å². The summed E-state index contributed by atoms with van der Waals surface area (Å²) >= 11 is 0. The van der Waals surface area contributed by atoms with Gasteiger partial charge in [-0.15, -0.1) is 0 Å². The Kier molecular flexibility index (Phi) is 3.92. The van der Waals surface area contributed by atoms with Gasteiger partial charge >= 0.3 is 0 Å². The molecular weight excluding hydrogens is 316 g/mol. The van der Waals surface area contributed by atoms with Crippen molar-refractivity contribution in [2.75, 3.05) is 23.4 Å². The minimum Gasteiger partial charge on any atom is -0.494 e. The van der Waals surface area contributed by atoms with Crippen LogP contribution in [0.5, 0.6) is 5.75 Å². The summed E-state index contributed by atoms with van der Waals surface area (Å²) < 4.78 is 5.41. The topological polar surface area (TPSA) is 58.6 Å². The van der Waals surface area contributed by atoms with Crippen LogP contribution < -0.4 is 15.0 Å². The van der Waals surface area contributed by atoms with Gasteiger partial charge < -0.3 is 15.0 Å². The quantitative estimate of drug-likeness (QED) is 0.933. The lowest BCUT2D eigenvalue weighted by atomic mass is 9.96. The number of anilines is 2. The van der Waals surface area contributed by atoms with Gasteiger partial charge in [0.1, 0.15) is 5.75 Å². The lowest BCUT2D eigenvalue weighted by Crippen LogP contribution is -2.33. The maximum atomic E-state index is 12.6. The summed E-state index contributed by atoms with van der Waals surface area (Å²) in [6, 6.07) is 11.2. The fourth-order valence-electron chi connectivity index (χ4n) is 3.59. The summed E-state index contributed by atoms with van der Waals surface area (Å²) in [6.07, 6.45) is 2.05. The lowest BCUT2D eigenvalue weighted by Gasteiger charge is -2.25. The summed E-state index contributed by atoms with van der Waals surface area (Å²) in [5.74, 6) is 0.851. The van der Waals surface area contributed by atoms with Crippen molar-refractivity contribution in [3.8, 4) is 5.75 Å². The number of nitrogens with one attached hydrogen (secondary N) is 1. The van der Waals surface area contributed by atoms with Gasteiger partial charge in [-0.1, -0.05) is 0 Å². The van der Waals surface area contributed by atoms with Crippen molar-refractivity contribution in [1.29, 1.82) is 0 Å². The Hall–Kier alpha value is -2.82. The standard InChI is InChI=1S/C20H20N2O3/c1-2-25-17-6-4-16(5-7-17)21-20(24)15-11-13-3-8-18(23)22-10-9-14(12-15)19(13)22/h4-7,11-12H,2-3,8-10H2,1H3,(H,21,24). The van der Waals surface area contributed by atoms with Gasteiger partial charge in [-0.3, -0.25) is 9.59 Å². The summed E-state index contributed by atoms with van der Waals surface area (Å²) in [5, 5.41) is 2.93. The van der Waals surface area contributed by atoms with Gasteiger partial charge in [0.15, 0.2) is 0 Å². The minimum atomic E-state index is -0.126. The van der Waals surface area contributed by atoms with Crippen molar-refractivity contribution in [3.63, 3.8) is 0 Å². The number of carbonyl (C=O) groups excluding carboxylic acids is 2. The van der Waals surface area contributed by atoms with Crippen LogP contribution in [0, 0.1) is 0 Å². The number of hydrogen-bond acceptors (Lipinski definition) is 3. The maximum Gasteiger partial charge on any atom is 0.255 e. The van der Waals surface area contributed by atoms with E-state index in [4.69, 9.17) is 4.74 Å². The number of carbonyl (C=O) groups is 2. The van der Waals surface area contributed by atoms with Crippen molar-refractivity contribution >= 4 is 23.2 Å². The number of aryl methyl sites for hydroxylation is 1. The van der Waals surface area contributed by atoms with Gasteiger partial charge in [-0.05, 0) is 67.3 Å². The molecule has 0 aromatic heterocycles. The third kappa shape index (κ3) is 2.86. The average molecular weight is 336 g/mol. The van der Waals surface area contributed by atoms with E-state index in [0.717, 1.165) is 41.2 Å². The van der Waals surface area contributed by atoms with Gasteiger partial charge in [-0.2, -0.15) is 0 Å². The third-order valence-electron chi connectivity index (χ3n) is 4.74. The highest BCUT2D eigenvalue weighted by atomic mass is 16.5. The van der Waals surface area contributed by atoms with Crippen LogP contribution in [0.15, 0.2) is 36.4 Å². The van der Waals surface area contributed by atoms with Gasteiger partial charge in [0.05, 0.1) is 12.3 Å². The van der Waals surface area contributed by atoms with Crippen molar-refractivity contribution < 1.29 is 14.3 Å². The normalized spacial score (nSPS) is 15.1. The first kappa shape index (κ1) is 15.7. The Bertz CT molecular complexity index is 843. The molecule has 0 saturated carbocycles. The Morgan fingerprint density at radius 2 is 1.84 bits per heavy atom. The molecule has 0 fully saturated rings. The molecule has 0 spiro atoms. The molecule has 2 aliphatic rings. The number of nitrogens with zero attached hydrogens (tertiary/aromatic N) is 1. The number of benzene rings is 2. The molecule has 2 heterocycles. The molecule has 0 radical (unpaired) electrons. The van der Waals surface area contributed by atoms with Crippen LogP contribution in [0.4, 0.5) is 11.4 Å². The second-order valence-electron chi connectivity index (χ2n) is 6.35. The first-order valence-electron chi connectivity index (χ1n) is 8.66. The van der Waals surface area contributed by atoms with Crippen LogP contribution >= 0.6 is 0 Å². The monoisotopic (exact) mass is 336 g/mol. The van der Waals surface area contributed by atoms with E-state index in [0.29, 0.717) is 25.0 Å². The minimum absolute atomic E-state index is 0.126. The zero-order chi connectivity index (χ0) is 17.4. The molecule has 2 aromatic carbocycles. The first-order chi connectivity index (χ1) is 12.2.